The molecule has 0 aromatic rings. The SMILES string of the molecule is [Co].[Fe].[Ni].[SnH2].[V]. The normalized spacial score (nSPS) is 0. The van der Waals surface area contributed by atoms with Crippen molar-refractivity contribution in [3.63, 3.8) is 0 Å². The standard InChI is InChI=1S/Co.Fe.Ni.Sn.V.2H. The third-order valence-electron chi connectivity index (χ3n) is 0. The van der Waals surface area contributed by atoms with Crippen molar-refractivity contribution in [1.82, 2.24) is 0 Å². The Balaban J connectivity index is 0. The molecule has 0 aliphatic heterocycles. The molecule has 0 rings (SSSR count). The van der Waals surface area contributed by atoms with Crippen LogP contribution in [-0.2, 0) is 68.9 Å². The predicted octanol–water partition coefficient (Wildman–Crippen LogP) is -0.926. The van der Waals surface area contributed by atoms with Gasteiger partial charge in [-0.15, -0.1) is 0 Å². The average molecular weight is 345 g/mol. The molecule has 4 radical (unpaired) electrons. The summed E-state index contributed by atoms with van der Waals surface area (Å²) >= 11 is 0. The third kappa shape index (κ3) is 19.7. The van der Waals surface area contributed by atoms with Gasteiger partial charge in [0, 0.05) is 68.9 Å². The van der Waals surface area contributed by atoms with Gasteiger partial charge in [-0.2, -0.15) is 0 Å². The third-order valence-corrected chi connectivity index (χ3v) is 0. The van der Waals surface area contributed by atoms with E-state index >= 15 is 0 Å². The molecule has 0 unspecified atom stereocenters. The van der Waals surface area contributed by atoms with Crippen LogP contribution in [0.3, 0.4) is 0 Å². The van der Waals surface area contributed by atoms with E-state index in [2.05, 4.69) is 0 Å². The zero-order valence-electron chi connectivity index (χ0n) is 2.16. The van der Waals surface area contributed by atoms with Crippen molar-refractivity contribution in [2.75, 3.05) is 0 Å². The van der Waals surface area contributed by atoms with Crippen LogP contribution in [0.4, 0.5) is 0 Å². The van der Waals surface area contributed by atoms with Crippen molar-refractivity contribution in [2.24, 2.45) is 0 Å². The topological polar surface area (TPSA) is 0 Å². The largest absolute Gasteiger partial charge is 0 e. The van der Waals surface area contributed by atoms with Crippen molar-refractivity contribution in [3.05, 3.63) is 0 Å². The predicted molar refractivity (Wildman–Crippen MR) is 8.54 cm³/mol. The Hall–Kier alpha value is 2.90. The van der Waals surface area contributed by atoms with Gasteiger partial charge in [0.15, 0.2) is 0 Å². The first-order chi connectivity index (χ1) is 0. The maximum absolute atomic E-state index is 0. The van der Waals surface area contributed by atoms with Crippen LogP contribution >= 0.6 is 0 Å². The van der Waals surface area contributed by atoms with Crippen molar-refractivity contribution < 1.29 is 68.9 Å². The fraction of sp³-hybridized carbons (Fsp3) is 0. The van der Waals surface area contributed by atoms with E-state index in [1.165, 1.54) is 0 Å². The van der Waals surface area contributed by atoms with Crippen LogP contribution in [0.15, 0.2) is 0 Å². The summed E-state index contributed by atoms with van der Waals surface area (Å²) in [6, 6.07) is 0. The van der Waals surface area contributed by atoms with Crippen molar-refractivity contribution in [2.45, 2.75) is 0 Å². The second kappa shape index (κ2) is 28.5. The van der Waals surface area contributed by atoms with Crippen LogP contribution < -0.4 is 0 Å². The van der Waals surface area contributed by atoms with Gasteiger partial charge in [0.05, 0.1) is 0 Å². The molecular weight excluding hydrogens is 343 g/mol. The molecule has 0 saturated heterocycles. The molecule has 0 aromatic carbocycles. The molecule has 0 aliphatic carbocycles. The Morgan fingerprint density at radius 2 is 1.00 bits per heavy atom. The zero-order chi connectivity index (χ0) is 0. The molecule has 0 bridgehead atoms. The molecular formula is H2CoFeNiSnV. The van der Waals surface area contributed by atoms with E-state index in [1.54, 1.807) is 0 Å². The first kappa shape index (κ1) is 44.7. The minimum Gasteiger partial charge on any atom is 0 e. The van der Waals surface area contributed by atoms with Crippen LogP contribution in [0.5, 0.6) is 0 Å². The minimum atomic E-state index is 0. The van der Waals surface area contributed by atoms with Gasteiger partial charge in [0.2, 0.25) is 0 Å². The molecule has 0 nitrogen and oxygen atoms in total. The van der Waals surface area contributed by atoms with Crippen LogP contribution in [0.25, 0.3) is 0 Å². The average Bonchev–Trinajstić information content (AvgIpc) is 0. The van der Waals surface area contributed by atoms with Gasteiger partial charge in [0.25, 0.3) is 0 Å². The van der Waals surface area contributed by atoms with E-state index in [4.69, 9.17) is 0 Å². The smallest absolute Gasteiger partial charge is 0 e. The fourth-order valence-corrected chi connectivity index (χ4v) is 0. The molecule has 0 fully saturated rings. The molecule has 0 atom stereocenters. The molecule has 0 heterocycles. The van der Waals surface area contributed by atoms with Crippen LogP contribution in [0.1, 0.15) is 0 Å². The summed E-state index contributed by atoms with van der Waals surface area (Å²) in [7, 11) is 0. The molecule has 5 heteroatoms. The molecule has 0 amide bonds. The molecule has 0 N–H and O–H groups in total. The summed E-state index contributed by atoms with van der Waals surface area (Å²) in [4.78, 5) is 0. The summed E-state index contributed by atoms with van der Waals surface area (Å²) < 4.78 is 0. The summed E-state index contributed by atoms with van der Waals surface area (Å²) in [5.41, 5.74) is 0. The Morgan fingerprint density at radius 1 is 1.00 bits per heavy atom. The summed E-state index contributed by atoms with van der Waals surface area (Å²) in [5, 5.41) is 0. The zero-order valence-corrected chi connectivity index (χ0v) is 10.7. The fourth-order valence-electron chi connectivity index (χ4n) is 0. The van der Waals surface area contributed by atoms with Gasteiger partial charge in [-0.3, -0.25) is 0 Å². The van der Waals surface area contributed by atoms with E-state index in [1.807, 2.05) is 0 Å². The number of hydrogen-bond donors (Lipinski definition) is 0. The maximum atomic E-state index is 0. The second-order valence-electron chi connectivity index (χ2n) is 0. The summed E-state index contributed by atoms with van der Waals surface area (Å²) in [6.45, 7) is 0. The Morgan fingerprint density at radius 3 is 1.00 bits per heavy atom. The quantitative estimate of drug-likeness (QED) is 0.498. The maximum Gasteiger partial charge on any atom is 0 e. The van der Waals surface area contributed by atoms with Gasteiger partial charge in [-0.25, -0.2) is 0 Å². The number of hydrogen-bond acceptors (Lipinski definition) is 0. The van der Waals surface area contributed by atoms with Gasteiger partial charge in [-0.1, -0.05) is 0 Å². The van der Waals surface area contributed by atoms with E-state index in [0.29, 0.717) is 0 Å². The van der Waals surface area contributed by atoms with Crippen LogP contribution in [0, 0.1) is 0 Å². The van der Waals surface area contributed by atoms with Gasteiger partial charge >= 0.3 is 23.9 Å². The molecule has 38 valence electrons. The van der Waals surface area contributed by atoms with E-state index in [0.717, 1.165) is 0 Å². The first-order valence-electron chi connectivity index (χ1n) is 0. The van der Waals surface area contributed by atoms with E-state index in [9.17, 15) is 0 Å². The molecule has 5 heavy (non-hydrogen) atoms. The van der Waals surface area contributed by atoms with Gasteiger partial charge < -0.3 is 0 Å². The molecule has 0 saturated carbocycles. The Labute approximate surface area is 91.4 Å². The summed E-state index contributed by atoms with van der Waals surface area (Å²) in [5.74, 6) is 0. The number of rotatable bonds is 0. The van der Waals surface area contributed by atoms with E-state index < -0.39 is 0 Å². The molecule has 0 aromatic heterocycles. The minimum absolute atomic E-state index is 0. The molecule has 0 spiro atoms. The van der Waals surface area contributed by atoms with Crippen LogP contribution in [-0.4, -0.2) is 23.9 Å². The van der Waals surface area contributed by atoms with E-state index in [-0.39, 0.29) is 92.8 Å². The first-order valence-corrected chi connectivity index (χ1v) is 0. The Bertz CT molecular complexity index is 11.6. The van der Waals surface area contributed by atoms with Crippen molar-refractivity contribution in [1.29, 1.82) is 0 Å². The monoisotopic (exact) mass is 346 g/mol. The molecule has 0 aliphatic rings. The van der Waals surface area contributed by atoms with Crippen molar-refractivity contribution >= 4 is 23.9 Å². The second-order valence-corrected chi connectivity index (χ2v) is 0. The van der Waals surface area contributed by atoms with Crippen LogP contribution in [0.2, 0.25) is 0 Å². The van der Waals surface area contributed by atoms with Crippen molar-refractivity contribution in [3.8, 4) is 0 Å². The van der Waals surface area contributed by atoms with Gasteiger partial charge in [-0.05, 0) is 0 Å². The Kier molecular flexibility index (Phi) is 255. The van der Waals surface area contributed by atoms with Gasteiger partial charge in [0.1, 0.15) is 0 Å². The summed E-state index contributed by atoms with van der Waals surface area (Å²) in [6.07, 6.45) is 0.